The molecule has 0 aromatic carbocycles. The summed E-state index contributed by atoms with van der Waals surface area (Å²) >= 11 is 0. The summed E-state index contributed by atoms with van der Waals surface area (Å²) in [6, 6.07) is 5.90. The Balaban J connectivity index is 2.14. The first-order valence-electron chi connectivity index (χ1n) is 3.91. The fourth-order valence-corrected chi connectivity index (χ4v) is 1.17. The van der Waals surface area contributed by atoms with Crippen LogP contribution in [0.2, 0.25) is 0 Å². The summed E-state index contributed by atoms with van der Waals surface area (Å²) in [6.45, 7) is 1.94. The molecule has 0 atom stereocenters. The topological polar surface area (TPSA) is 26.3 Å². The first-order chi connectivity index (χ1) is 5.84. The molecule has 0 aliphatic heterocycles. The van der Waals surface area contributed by atoms with Crippen LogP contribution in [-0.4, -0.2) is 0 Å². The van der Waals surface area contributed by atoms with E-state index in [0.717, 1.165) is 23.5 Å². The zero-order chi connectivity index (χ0) is 8.39. The molecular weight excluding hydrogens is 152 g/mol. The maximum atomic E-state index is 5.42. The molecule has 0 bridgehead atoms. The zero-order valence-corrected chi connectivity index (χ0v) is 6.91. The molecule has 2 nitrogen and oxygen atoms in total. The first-order valence-corrected chi connectivity index (χ1v) is 3.91. The second kappa shape index (κ2) is 2.89. The first kappa shape index (κ1) is 7.22. The van der Waals surface area contributed by atoms with E-state index in [1.54, 1.807) is 12.5 Å². The minimum absolute atomic E-state index is 0.810. The van der Waals surface area contributed by atoms with Crippen LogP contribution in [0.25, 0.3) is 0 Å². The van der Waals surface area contributed by atoms with Crippen LogP contribution in [0.5, 0.6) is 0 Å². The molecule has 0 aliphatic carbocycles. The second-order valence-electron chi connectivity index (χ2n) is 2.82. The van der Waals surface area contributed by atoms with Crippen LogP contribution in [0.4, 0.5) is 0 Å². The number of hydrogen-bond acceptors (Lipinski definition) is 2. The van der Waals surface area contributed by atoms with Crippen molar-refractivity contribution in [2.24, 2.45) is 0 Å². The number of rotatable bonds is 2. The molecule has 62 valence electrons. The molecule has 0 saturated heterocycles. The fraction of sp³-hybridized carbons (Fsp3) is 0.200. The summed E-state index contributed by atoms with van der Waals surface area (Å²) in [4.78, 5) is 0. The summed E-state index contributed by atoms with van der Waals surface area (Å²) in [5.41, 5.74) is 1.14. The van der Waals surface area contributed by atoms with Crippen molar-refractivity contribution in [2.75, 3.05) is 0 Å². The predicted molar refractivity (Wildman–Crippen MR) is 45.0 cm³/mol. The third-order valence-electron chi connectivity index (χ3n) is 1.75. The third kappa shape index (κ3) is 1.42. The molecule has 2 rings (SSSR count). The highest BCUT2D eigenvalue weighted by Crippen LogP contribution is 2.12. The Morgan fingerprint density at radius 3 is 2.75 bits per heavy atom. The molecule has 0 amide bonds. The maximum absolute atomic E-state index is 5.42. The highest BCUT2D eigenvalue weighted by Gasteiger charge is 2.00. The van der Waals surface area contributed by atoms with E-state index < -0.39 is 0 Å². The SMILES string of the molecule is Cc1ccc(Cc2ccoc2)o1. The molecule has 0 unspecified atom stereocenters. The summed E-state index contributed by atoms with van der Waals surface area (Å²) < 4.78 is 10.4. The van der Waals surface area contributed by atoms with Crippen molar-refractivity contribution in [3.05, 3.63) is 47.8 Å². The van der Waals surface area contributed by atoms with Gasteiger partial charge in [-0.3, -0.25) is 0 Å². The highest BCUT2D eigenvalue weighted by molar-refractivity contribution is 5.16. The van der Waals surface area contributed by atoms with Crippen LogP contribution in [0, 0.1) is 6.92 Å². The van der Waals surface area contributed by atoms with Gasteiger partial charge in [-0.15, -0.1) is 0 Å². The lowest BCUT2D eigenvalue weighted by Crippen LogP contribution is -1.80. The summed E-state index contributed by atoms with van der Waals surface area (Å²) in [6.07, 6.45) is 4.22. The van der Waals surface area contributed by atoms with Crippen molar-refractivity contribution in [2.45, 2.75) is 13.3 Å². The van der Waals surface area contributed by atoms with E-state index in [4.69, 9.17) is 8.83 Å². The monoisotopic (exact) mass is 162 g/mol. The molecule has 2 aromatic heterocycles. The van der Waals surface area contributed by atoms with Crippen LogP contribution in [0.3, 0.4) is 0 Å². The van der Waals surface area contributed by atoms with Crippen LogP contribution >= 0.6 is 0 Å². The van der Waals surface area contributed by atoms with Gasteiger partial charge < -0.3 is 8.83 Å². The molecule has 12 heavy (non-hydrogen) atoms. The average molecular weight is 162 g/mol. The Morgan fingerprint density at radius 2 is 2.17 bits per heavy atom. The molecule has 2 heteroatoms. The van der Waals surface area contributed by atoms with Gasteiger partial charge in [-0.1, -0.05) is 0 Å². The highest BCUT2D eigenvalue weighted by atomic mass is 16.3. The Labute approximate surface area is 70.8 Å². The quantitative estimate of drug-likeness (QED) is 0.678. The number of furan rings is 2. The van der Waals surface area contributed by atoms with Gasteiger partial charge in [0.2, 0.25) is 0 Å². The molecule has 0 saturated carbocycles. The van der Waals surface area contributed by atoms with E-state index in [1.165, 1.54) is 0 Å². The molecular formula is C10H10O2. The standard InChI is InChI=1S/C10H10O2/c1-8-2-3-10(12-8)6-9-4-5-11-7-9/h2-5,7H,6H2,1H3. The number of aryl methyl sites for hydroxylation is 1. The Morgan fingerprint density at radius 1 is 1.25 bits per heavy atom. The second-order valence-corrected chi connectivity index (χ2v) is 2.82. The number of hydrogen-bond donors (Lipinski definition) is 0. The fourth-order valence-electron chi connectivity index (χ4n) is 1.17. The van der Waals surface area contributed by atoms with Crippen molar-refractivity contribution in [3.8, 4) is 0 Å². The predicted octanol–water partition coefficient (Wildman–Crippen LogP) is 2.77. The van der Waals surface area contributed by atoms with Gasteiger partial charge in [-0.25, -0.2) is 0 Å². The lowest BCUT2D eigenvalue weighted by molar-refractivity contribution is 0.491. The lowest BCUT2D eigenvalue weighted by atomic mass is 10.2. The van der Waals surface area contributed by atoms with E-state index in [1.807, 2.05) is 25.1 Å². The minimum atomic E-state index is 0.810. The van der Waals surface area contributed by atoms with E-state index in [0.29, 0.717) is 0 Å². The molecule has 0 radical (unpaired) electrons. The van der Waals surface area contributed by atoms with Gasteiger partial charge in [0.25, 0.3) is 0 Å². The summed E-state index contributed by atoms with van der Waals surface area (Å²) in [5.74, 6) is 1.93. The smallest absolute Gasteiger partial charge is 0.108 e. The average Bonchev–Trinajstić information content (AvgIpc) is 2.63. The van der Waals surface area contributed by atoms with Crippen molar-refractivity contribution >= 4 is 0 Å². The van der Waals surface area contributed by atoms with Crippen LogP contribution < -0.4 is 0 Å². The normalized spacial score (nSPS) is 10.4. The van der Waals surface area contributed by atoms with Gasteiger partial charge in [-0.05, 0) is 30.7 Å². The maximum Gasteiger partial charge on any atom is 0.108 e. The molecule has 0 N–H and O–H groups in total. The molecule has 0 fully saturated rings. The van der Waals surface area contributed by atoms with E-state index in [9.17, 15) is 0 Å². The molecule has 0 spiro atoms. The van der Waals surface area contributed by atoms with E-state index in [-0.39, 0.29) is 0 Å². The Hall–Kier alpha value is -1.44. The Kier molecular flexibility index (Phi) is 1.74. The van der Waals surface area contributed by atoms with Gasteiger partial charge in [0.15, 0.2) is 0 Å². The van der Waals surface area contributed by atoms with E-state index in [2.05, 4.69) is 0 Å². The van der Waals surface area contributed by atoms with Gasteiger partial charge in [0.05, 0.1) is 12.5 Å². The van der Waals surface area contributed by atoms with Crippen LogP contribution in [-0.2, 0) is 6.42 Å². The van der Waals surface area contributed by atoms with Crippen molar-refractivity contribution in [3.63, 3.8) is 0 Å². The largest absolute Gasteiger partial charge is 0.472 e. The molecule has 2 heterocycles. The van der Waals surface area contributed by atoms with Crippen molar-refractivity contribution < 1.29 is 8.83 Å². The molecule has 2 aromatic rings. The van der Waals surface area contributed by atoms with Gasteiger partial charge in [0, 0.05) is 6.42 Å². The van der Waals surface area contributed by atoms with Crippen LogP contribution in [0.15, 0.2) is 39.6 Å². The summed E-state index contributed by atoms with van der Waals surface area (Å²) in [5, 5.41) is 0. The lowest BCUT2D eigenvalue weighted by Gasteiger charge is -1.90. The minimum Gasteiger partial charge on any atom is -0.472 e. The summed E-state index contributed by atoms with van der Waals surface area (Å²) in [7, 11) is 0. The van der Waals surface area contributed by atoms with E-state index >= 15 is 0 Å². The third-order valence-corrected chi connectivity index (χ3v) is 1.75. The van der Waals surface area contributed by atoms with Gasteiger partial charge >= 0.3 is 0 Å². The van der Waals surface area contributed by atoms with Gasteiger partial charge in [0.1, 0.15) is 11.5 Å². The van der Waals surface area contributed by atoms with Crippen LogP contribution in [0.1, 0.15) is 17.1 Å². The Bertz CT molecular complexity index is 344. The van der Waals surface area contributed by atoms with Crippen molar-refractivity contribution in [1.29, 1.82) is 0 Å². The molecule has 0 aliphatic rings. The van der Waals surface area contributed by atoms with Crippen molar-refractivity contribution in [1.82, 2.24) is 0 Å². The van der Waals surface area contributed by atoms with Gasteiger partial charge in [-0.2, -0.15) is 0 Å². The zero-order valence-electron chi connectivity index (χ0n) is 6.91.